The molecule has 2 saturated heterocycles. The van der Waals surface area contributed by atoms with E-state index in [9.17, 15) is 13.9 Å². The van der Waals surface area contributed by atoms with E-state index in [2.05, 4.69) is 36.1 Å². The molecule has 0 amide bonds. The van der Waals surface area contributed by atoms with E-state index in [-0.39, 0.29) is 42.4 Å². The summed E-state index contributed by atoms with van der Waals surface area (Å²) in [6, 6.07) is 37.0. The molecular weight excluding hydrogens is 914 g/mol. The number of aromatic nitrogens is 4. The number of halogens is 1. The molecular formula is C40H41BrN6O9P2S2. The monoisotopic (exact) mass is 954 g/mol. The fourth-order valence-corrected chi connectivity index (χ4v) is 15.2. The first-order valence-corrected chi connectivity index (χ1v) is 25.7. The standard InChI is InChI=1S/C40H41BrN6O9P2S2/c1-40(2)55-34-32(25-53-57(49,44-28-15-7-3-8-16-28)45-29-17-9-4-10-18-29)54-38(35(34)56-40)47-36-33(43-39(47)41)37(48)46(26-42-36)27-51-23-24-52-58(50,59-30-19-11-5-12-20-30)60-31-21-13-6-14-22-31/h3-22,26,32,34-35,38H,23-25,27H2,1-2H3,(H2,44,45,49)/t32-,34-,35-,38-/m1/s1. The average Bonchev–Trinajstić information content (AvgIpc) is 3.86. The van der Waals surface area contributed by atoms with Gasteiger partial charge in [-0.05, 0) is 101 Å². The molecule has 0 unspecified atom stereocenters. The third-order valence-corrected chi connectivity index (χ3v) is 17.8. The minimum atomic E-state index is -3.77. The molecule has 8 rings (SSSR count). The van der Waals surface area contributed by atoms with Crippen LogP contribution >= 0.6 is 52.1 Å². The van der Waals surface area contributed by atoms with E-state index in [0.29, 0.717) is 11.4 Å². The molecule has 4 heterocycles. The highest BCUT2D eigenvalue weighted by atomic mass is 79.9. The van der Waals surface area contributed by atoms with Crippen LogP contribution in [-0.4, -0.2) is 63.0 Å². The van der Waals surface area contributed by atoms with Crippen molar-refractivity contribution >= 4 is 74.7 Å². The number of benzene rings is 4. The summed E-state index contributed by atoms with van der Waals surface area (Å²) in [5, 5.41) is 6.05. The van der Waals surface area contributed by atoms with E-state index in [1.165, 1.54) is 33.7 Å². The van der Waals surface area contributed by atoms with Crippen LogP contribution in [-0.2, 0) is 43.9 Å². The number of nitrogens with one attached hydrogen (secondary N) is 2. The molecule has 0 saturated carbocycles. The Bertz CT molecular complexity index is 2450. The number of ether oxygens (including phenoxy) is 4. The molecule has 2 aliphatic rings. The zero-order chi connectivity index (χ0) is 41.7. The molecule has 0 radical (unpaired) electrons. The highest BCUT2D eigenvalue weighted by molar-refractivity contribution is 9.10. The van der Waals surface area contributed by atoms with E-state index in [0.717, 1.165) is 9.79 Å². The summed E-state index contributed by atoms with van der Waals surface area (Å²) in [6.07, 6.45) is -1.56. The van der Waals surface area contributed by atoms with Gasteiger partial charge in [-0.2, -0.15) is 0 Å². The Morgan fingerprint density at radius 3 is 1.92 bits per heavy atom. The minimum absolute atomic E-state index is 0.0203. The molecule has 2 fully saturated rings. The number of hydrogen-bond acceptors (Lipinski definition) is 13. The normalized spacial score (nSPS) is 20.0. The first-order valence-electron chi connectivity index (χ1n) is 18.8. The maximum atomic E-state index is 14.4. The van der Waals surface area contributed by atoms with Crippen LogP contribution in [0.3, 0.4) is 0 Å². The van der Waals surface area contributed by atoms with Crippen LogP contribution in [0.5, 0.6) is 0 Å². The summed E-state index contributed by atoms with van der Waals surface area (Å²) in [4.78, 5) is 24.5. The van der Waals surface area contributed by atoms with Gasteiger partial charge < -0.3 is 23.5 Å². The van der Waals surface area contributed by atoms with E-state index in [1.807, 2.05) is 97.1 Å². The molecule has 20 heteroatoms. The first kappa shape index (κ1) is 42.9. The van der Waals surface area contributed by atoms with Crippen molar-refractivity contribution in [1.82, 2.24) is 19.1 Å². The Morgan fingerprint density at radius 2 is 1.33 bits per heavy atom. The highest BCUT2D eigenvalue weighted by Crippen LogP contribution is 2.74. The number of para-hydroxylation sites is 2. The summed E-state index contributed by atoms with van der Waals surface area (Å²) in [7, 11) is -3.77. The van der Waals surface area contributed by atoms with Gasteiger partial charge in [0.05, 0.1) is 19.8 Å². The predicted molar refractivity (Wildman–Crippen MR) is 235 cm³/mol. The number of rotatable bonds is 18. The number of nitrogens with zero attached hydrogens (tertiary/aromatic N) is 4. The molecule has 6 aromatic rings. The van der Waals surface area contributed by atoms with Gasteiger partial charge in [-0.1, -0.05) is 72.8 Å². The van der Waals surface area contributed by atoms with Crippen LogP contribution in [0.15, 0.2) is 147 Å². The Labute approximate surface area is 362 Å². The summed E-state index contributed by atoms with van der Waals surface area (Å²) >= 11 is 5.87. The smallest absolute Gasteiger partial charge is 0.358 e. The van der Waals surface area contributed by atoms with E-state index in [1.54, 1.807) is 42.7 Å². The van der Waals surface area contributed by atoms with Crippen LogP contribution in [0.2, 0.25) is 0 Å². The average molecular weight is 956 g/mol. The van der Waals surface area contributed by atoms with Crippen molar-refractivity contribution in [1.29, 1.82) is 0 Å². The molecule has 0 bridgehead atoms. The molecule has 2 aliphatic heterocycles. The van der Waals surface area contributed by atoms with Gasteiger partial charge >= 0.3 is 13.4 Å². The molecule has 2 N–H and O–H groups in total. The molecule has 0 spiro atoms. The third-order valence-electron chi connectivity index (χ3n) is 9.15. The Hall–Kier alpha value is -3.77. The van der Waals surface area contributed by atoms with Gasteiger partial charge in [0.2, 0.25) is 0 Å². The van der Waals surface area contributed by atoms with Crippen molar-refractivity contribution in [3.63, 3.8) is 0 Å². The van der Waals surface area contributed by atoms with Gasteiger partial charge in [-0.15, -0.1) is 0 Å². The van der Waals surface area contributed by atoms with Crippen molar-refractivity contribution in [2.45, 2.75) is 60.7 Å². The summed E-state index contributed by atoms with van der Waals surface area (Å²) in [5.41, 5.74) is 1.04. The van der Waals surface area contributed by atoms with Crippen molar-refractivity contribution in [2.24, 2.45) is 0 Å². The van der Waals surface area contributed by atoms with Crippen LogP contribution in [0.25, 0.3) is 11.2 Å². The van der Waals surface area contributed by atoms with Crippen LogP contribution in [0.4, 0.5) is 11.4 Å². The summed E-state index contributed by atoms with van der Waals surface area (Å²) in [5.74, 6) is -4.28. The predicted octanol–water partition coefficient (Wildman–Crippen LogP) is 9.81. The fourth-order valence-electron chi connectivity index (χ4n) is 6.60. The summed E-state index contributed by atoms with van der Waals surface area (Å²) < 4.78 is 68.7. The number of imidazole rings is 1. The van der Waals surface area contributed by atoms with Gasteiger partial charge in [-0.3, -0.25) is 33.2 Å². The number of fused-ring (bicyclic) bond motifs is 2. The van der Waals surface area contributed by atoms with Crippen LogP contribution in [0, 0.1) is 0 Å². The largest absolute Gasteiger partial charge is 0.391 e. The fraction of sp³-hybridized carbons (Fsp3) is 0.275. The maximum absolute atomic E-state index is 14.4. The maximum Gasteiger partial charge on any atom is 0.391 e. The van der Waals surface area contributed by atoms with Gasteiger partial charge in [0.15, 0.2) is 27.9 Å². The molecule has 4 aromatic carbocycles. The van der Waals surface area contributed by atoms with Gasteiger partial charge in [0.1, 0.15) is 31.4 Å². The van der Waals surface area contributed by atoms with Crippen molar-refractivity contribution in [3.8, 4) is 0 Å². The van der Waals surface area contributed by atoms with Crippen molar-refractivity contribution < 1.29 is 37.1 Å². The van der Waals surface area contributed by atoms with Crippen molar-refractivity contribution in [2.75, 3.05) is 30.0 Å². The number of hydrogen-bond donors (Lipinski definition) is 2. The molecule has 15 nitrogen and oxygen atoms in total. The van der Waals surface area contributed by atoms with E-state index >= 15 is 0 Å². The topological polar surface area (TPSA) is 166 Å². The number of anilines is 2. The molecule has 0 aliphatic carbocycles. The second kappa shape index (κ2) is 18.7. The lowest BCUT2D eigenvalue weighted by molar-refractivity contribution is -0.199. The zero-order valence-corrected chi connectivity index (χ0v) is 37.3. The Morgan fingerprint density at radius 1 is 0.783 bits per heavy atom. The quantitative estimate of drug-likeness (QED) is 0.0475. The van der Waals surface area contributed by atoms with Gasteiger partial charge in [0.25, 0.3) is 5.56 Å². The lowest BCUT2D eigenvalue weighted by atomic mass is 10.1. The molecule has 60 heavy (non-hydrogen) atoms. The Balaban J connectivity index is 0.949. The van der Waals surface area contributed by atoms with Crippen LogP contribution in [0.1, 0.15) is 20.1 Å². The highest BCUT2D eigenvalue weighted by Gasteiger charge is 2.57. The second-order valence-corrected chi connectivity index (χ2v) is 23.7. The van der Waals surface area contributed by atoms with Crippen molar-refractivity contribution in [3.05, 3.63) is 143 Å². The zero-order valence-electron chi connectivity index (χ0n) is 32.3. The van der Waals surface area contributed by atoms with Crippen LogP contribution < -0.4 is 15.7 Å². The molecule has 4 atom stereocenters. The van der Waals surface area contributed by atoms with Gasteiger partial charge in [-0.25, -0.2) is 14.5 Å². The van der Waals surface area contributed by atoms with E-state index < -0.39 is 49.3 Å². The Kier molecular flexibility index (Phi) is 13.4. The van der Waals surface area contributed by atoms with E-state index in [4.69, 9.17) is 28.0 Å². The molecule has 314 valence electrons. The lowest BCUT2D eigenvalue weighted by Gasteiger charge is -2.27. The minimum Gasteiger partial charge on any atom is -0.358 e. The third kappa shape index (κ3) is 10.3. The second-order valence-electron chi connectivity index (χ2n) is 14.0. The molecule has 2 aromatic heterocycles. The lowest BCUT2D eigenvalue weighted by Crippen LogP contribution is -2.33. The SMILES string of the molecule is CC1(C)O[C@@H]2[C@H](O1)[C@@H](COP(=O)(Nc1ccccc1)Nc1ccccc1)O[C@H]2n1c(Br)nc2c(=O)n(COCCOP(=O)(Sc3ccccc3)Sc3ccccc3)cnc21. The first-order chi connectivity index (χ1) is 29.0. The van der Waals surface area contributed by atoms with Gasteiger partial charge in [0, 0.05) is 21.2 Å². The summed E-state index contributed by atoms with van der Waals surface area (Å²) in [6.45, 7) is 3.37.